The molecule has 5 unspecified atom stereocenters. The van der Waals surface area contributed by atoms with Gasteiger partial charge < -0.3 is 60.2 Å². The van der Waals surface area contributed by atoms with E-state index in [1.165, 1.54) is 0 Å². The van der Waals surface area contributed by atoms with Crippen LogP contribution in [-0.2, 0) is 9.53 Å². The van der Waals surface area contributed by atoms with Crippen LogP contribution < -0.4 is 9.47 Å². The number of aliphatic hydroxyl groups is 3. The van der Waals surface area contributed by atoms with Gasteiger partial charge in [-0.15, -0.1) is 0 Å². The second-order valence-electron chi connectivity index (χ2n) is 7.23. The number of hydrogen-bond donors (Lipinski definition) is 9. The van der Waals surface area contributed by atoms with Crippen LogP contribution in [0.25, 0.3) is 0 Å². The molecule has 1 aliphatic heterocycles. The normalized spacial score (nSPS) is 23.9. The Labute approximate surface area is 193 Å². The summed E-state index contributed by atoms with van der Waals surface area (Å²) in [6, 6.07) is 2.80. The summed E-state index contributed by atoms with van der Waals surface area (Å²) in [5.74, 6) is -9.89. The molecule has 2 aromatic rings. The zero-order valence-electron chi connectivity index (χ0n) is 17.2. The number of carboxylic acids is 2. The molecule has 15 heteroatoms. The molecule has 1 saturated heterocycles. The Kier molecular flexibility index (Phi) is 6.88. The van der Waals surface area contributed by atoms with Crippen molar-refractivity contribution in [2.24, 2.45) is 0 Å². The Balaban J connectivity index is 1.85. The van der Waals surface area contributed by atoms with Gasteiger partial charge in [-0.2, -0.15) is 0 Å². The van der Waals surface area contributed by atoms with Crippen LogP contribution in [0.3, 0.4) is 0 Å². The van der Waals surface area contributed by atoms with Crippen molar-refractivity contribution in [2.75, 3.05) is 0 Å². The number of rotatable bonds is 6. The summed E-state index contributed by atoms with van der Waals surface area (Å²) < 4.78 is 14.8. The SMILES string of the molecule is O=C(O)c1cc(O)c(O)c(OC(=O)c2cc(O)c(OC3OC(C(=O)O)C(O)C(O)C3O)c(O)c2)c1. The Morgan fingerprint density at radius 1 is 0.771 bits per heavy atom. The van der Waals surface area contributed by atoms with Crippen molar-refractivity contribution in [1.82, 2.24) is 0 Å². The van der Waals surface area contributed by atoms with Crippen molar-refractivity contribution < 1.29 is 74.6 Å². The maximum Gasteiger partial charge on any atom is 0.343 e. The monoisotopic (exact) mass is 498 g/mol. The van der Waals surface area contributed by atoms with Gasteiger partial charge in [-0.05, 0) is 24.3 Å². The average Bonchev–Trinajstić information content (AvgIpc) is 2.78. The van der Waals surface area contributed by atoms with Crippen molar-refractivity contribution >= 4 is 17.9 Å². The number of ether oxygens (including phenoxy) is 3. The molecule has 1 aliphatic rings. The van der Waals surface area contributed by atoms with E-state index in [4.69, 9.17) is 24.4 Å². The van der Waals surface area contributed by atoms with Crippen molar-refractivity contribution in [3.63, 3.8) is 0 Å². The molecule has 15 nitrogen and oxygen atoms in total. The van der Waals surface area contributed by atoms with Gasteiger partial charge in [0.2, 0.25) is 17.8 Å². The molecule has 0 aromatic heterocycles. The maximum absolute atomic E-state index is 12.4. The summed E-state index contributed by atoms with van der Waals surface area (Å²) in [5, 5.41) is 87.3. The lowest BCUT2D eigenvalue weighted by atomic mass is 9.99. The molecule has 0 amide bonds. The quantitative estimate of drug-likeness (QED) is 0.127. The van der Waals surface area contributed by atoms with Gasteiger partial charge in [-0.3, -0.25) is 0 Å². The molecular formula is C20H18O15. The number of aromatic carboxylic acids is 1. The van der Waals surface area contributed by atoms with Gasteiger partial charge in [0.25, 0.3) is 0 Å². The number of aromatic hydroxyl groups is 4. The highest BCUT2D eigenvalue weighted by Gasteiger charge is 2.48. The maximum atomic E-state index is 12.4. The summed E-state index contributed by atoms with van der Waals surface area (Å²) in [4.78, 5) is 34.6. The van der Waals surface area contributed by atoms with Crippen molar-refractivity contribution in [3.8, 4) is 34.5 Å². The topological polar surface area (TPSA) is 261 Å². The third-order valence-electron chi connectivity index (χ3n) is 4.84. The number of esters is 1. The largest absolute Gasteiger partial charge is 0.504 e. The van der Waals surface area contributed by atoms with E-state index in [1.54, 1.807) is 0 Å². The van der Waals surface area contributed by atoms with Crippen LogP contribution in [0.15, 0.2) is 24.3 Å². The Morgan fingerprint density at radius 3 is 1.89 bits per heavy atom. The Bertz CT molecular complexity index is 1150. The number of carbonyl (C=O) groups excluding carboxylic acids is 1. The van der Waals surface area contributed by atoms with Crippen LogP contribution in [-0.4, -0.2) is 94.6 Å². The third-order valence-corrected chi connectivity index (χ3v) is 4.84. The van der Waals surface area contributed by atoms with Gasteiger partial charge in [-0.25, -0.2) is 14.4 Å². The minimum atomic E-state index is -2.03. The minimum Gasteiger partial charge on any atom is -0.504 e. The third kappa shape index (κ3) is 4.97. The molecule has 188 valence electrons. The van der Waals surface area contributed by atoms with Gasteiger partial charge in [0.15, 0.2) is 29.1 Å². The van der Waals surface area contributed by atoms with Gasteiger partial charge in [0.1, 0.15) is 18.3 Å². The van der Waals surface area contributed by atoms with E-state index in [9.17, 15) is 50.1 Å². The summed E-state index contributed by atoms with van der Waals surface area (Å²) in [6.07, 6.45) is -10.1. The standard InChI is InChI=1S/C20H18O15/c21-7-1-5(17(28)29)4-10(11(7)24)33-19(32)6-2-8(22)15(9(23)3-6)34-20-14(27)12(25)13(26)16(35-20)18(30)31/h1-4,12-14,16,20-27H,(H,28,29)(H,30,31). The molecule has 3 rings (SSSR count). The van der Waals surface area contributed by atoms with Crippen LogP contribution in [0.1, 0.15) is 20.7 Å². The zero-order chi connectivity index (χ0) is 26.2. The number of carboxylic acid groups (broad SMARTS) is 2. The molecule has 0 saturated carbocycles. The number of phenolic OH excluding ortho intramolecular Hbond substituents is 4. The van der Waals surface area contributed by atoms with E-state index in [-0.39, 0.29) is 0 Å². The van der Waals surface area contributed by atoms with Gasteiger partial charge in [-0.1, -0.05) is 0 Å². The lowest BCUT2D eigenvalue weighted by molar-refractivity contribution is -0.271. The number of benzene rings is 2. The van der Waals surface area contributed by atoms with Crippen LogP contribution in [0.2, 0.25) is 0 Å². The number of carbonyl (C=O) groups is 3. The summed E-state index contributed by atoms with van der Waals surface area (Å²) in [5.41, 5.74) is -1.09. The molecule has 35 heavy (non-hydrogen) atoms. The fourth-order valence-corrected chi connectivity index (χ4v) is 3.06. The fraction of sp³-hybridized carbons (Fsp3) is 0.250. The Hall–Kier alpha value is -4.31. The average molecular weight is 498 g/mol. The highest BCUT2D eigenvalue weighted by atomic mass is 16.7. The zero-order valence-corrected chi connectivity index (χ0v) is 17.2. The van der Waals surface area contributed by atoms with Gasteiger partial charge >= 0.3 is 17.9 Å². The summed E-state index contributed by atoms with van der Waals surface area (Å²) in [7, 11) is 0. The first-order chi connectivity index (χ1) is 16.3. The van der Waals surface area contributed by atoms with E-state index >= 15 is 0 Å². The van der Waals surface area contributed by atoms with Crippen molar-refractivity contribution in [1.29, 1.82) is 0 Å². The van der Waals surface area contributed by atoms with E-state index in [2.05, 4.69) is 0 Å². The van der Waals surface area contributed by atoms with E-state index in [0.29, 0.717) is 18.2 Å². The summed E-state index contributed by atoms with van der Waals surface area (Å²) in [6.45, 7) is 0. The first-order valence-electron chi connectivity index (χ1n) is 9.48. The van der Waals surface area contributed by atoms with Crippen LogP contribution in [0.4, 0.5) is 0 Å². The highest BCUT2D eigenvalue weighted by molar-refractivity contribution is 5.94. The van der Waals surface area contributed by atoms with Gasteiger partial charge in [0.05, 0.1) is 11.1 Å². The minimum absolute atomic E-state index is 0.532. The number of aliphatic hydroxyl groups excluding tert-OH is 3. The first kappa shape index (κ1) is 25.3. The molecule has 2 aromatic carbocycles. The van der Waals surface area contributed by atoms with Crippen molar-refractivity contribution in [2.45, 2.75) is 30.7 Å². The number of phenols is 4. The fourth-order valence-electron chi connectivity index (χ4n) is 3.06. The highest BCUT2D eigenvalue weighted by Crippen LogP contribution is 2.41. The van der Waals surface area contributed by atoms with Crippen LogP contribution in [0, 0.1) is 0 Å². The second kappa shape index (κ2) is 9.51. The lowest BCUT2D eigenvalue weighted by Gasteiger charge is -2.38. The molecular weight excluding hydrogens is 480 g/mol. The molecule has 0 bridgehead atoms. The lowest BCUT2D eigenvalue weighted by Crippen LogP contribution is -2.61. The molecule has 0 aliphatic carbocycles. The molecule has 0 radical (unpaired) electrons. The molecule has 9 N–H and O–H groups in total. The predicted octanol–water partition coefficient (Wildman–Crippen LogP) is -1.30. The molecule has 1 heterocycles. The second-order valence-corrected chi connectivity index (χ2v) is 7.23. The van der Waals surface area contributed by atoms with E-state index in [1.807, 2.05) is 0 Å². The number of hydrogen-bond acceptors (Lipinski definition) is 13. The number of aliphatic carboxylic acids is 1. The Morgan fingerprint density at radius 2 is 1.34 bits per heavy atom. The molecule has 1 fully saturated rings. The van der Waals surface area contributed by atoms with Crippen LogP contribution in [0.5, 0.6) is 34.5 Å². The van der Waals surface area contributed by atoms with Crippen LogP contribution >= 0.6 is 0 Å². The predicted molar refractivity (Wildman–Crippen MR) is 106 cm³/mol. The van der Waals surface area contributed by atoms with Gasteiger partial charge in [0, 0.05) is 0 Å². The molecule has 5 atom stereocenters. The molecule has 0 spiro atoms. The smallest absolute Gasteiger partial charge is 0.343 e. The van der Waals surface area contributed by atoms with Crippen molar-refractivity contribution in [3.05, 3.63) is 35.4 Å². The first-order valence-corrected chi connectivity index (χ1v) is 9.48. The van der Waals surface area contributed by atoms with E-state index < -0.39 is 94.2 Å². The summed E-state index contributed by atoms with van der Waals surface area (Å²) >= 11 is 0. The van der Waals surface area contributed by atoms with E-state index in [0.717, 1.165) is 6.07 Å².